The van der Waals surface area contributed by atoms with Crippen molar-refractivity contribution in [2.24, 2.45) is 0 Å². The highest BCUT2D eigenvalue weighted by Gasteiger charge is 2.15. The van der Waals surface area contributed by atoms with Crippen molar-refractivity contribution in [3.8, 4) is 0 Å². The van der Waals surface area contributed by atoms with Crippen molar-refractivity contribution in [2.75, 3.05) is 18.0 Å². The van der Waals surface area contributed by atoms with E-state index >= 15 is 0 Å². The van der Waals surface area contributed by atoms with Gasteiger partial charge >= 0.3 is 0 Å². The van der Waals surface area contributed by atoms with Crippen molar-refractivity contribution in [1.82, 2.24) is 15.0 Å². The number of anilines is 1. The van der Waals surface area contributed by atoms with E-state index in [2.05, 4.69) is 38.1 Å². The SMILES string of the molecule is Cc1nccc(N2CCC=C(c3ccncc3)C2)n1. The Labute approximate surface area is 112 Å². The van der Waals surface area contributed by atoms with Crippen LogP contribution in [0.4, 0.5) is 5.82 Å². The summed E-state index contributed by atoms with van der Waals surface area (Å²) in [6.45, 7) is 3.82. The van der Waals surface area contributed by atoms with E-state index < -0.39 is 0 Å². The number of nitrogens with zero attached hydrogens (tertiary/aromatic N) is 4. The van der Waals surface area contributed by atoms with E-state index in [0.29, 0.717) is 0 Å². The largest absolute Gasteiger partial charge is 0.352 e. The minimum atomic E-state index is 0.817. The molecule has 0 spiro atoms. The first-order valence-corrected chi connectivity index (χ1v) is 6.47. The molecule has 3 rings (SSSR count). The maximum atomic E-state index is 4.50. The average molecular weight is 252 g/mol. The normalized spacial score (nSPS) is 15.2. The molecule has 0 N–H and O–H groups in total. The quantitative estimate of drug-likeness (QED) is 0.823. The van der Waals surface area contributed by atoms with E-state index in [1.54, 1.807) is 0 Å². The summed E-state index contributed by atoms with van der Waals surface area (Å²) in [6.07, 6.45) is 8.84. The fourth-order valence-corrected chi connectivity index (χ4v) is 2.33. The summed E-state index contributed by atoms with van der Waals surface area (Å²) in [7, 11) is 0. The molecule has 0 aliphatic carbocycles. The first-order valence-electron chi connectivity index (χ1n) is 6.47. The Morgan fingerprint density at radius 2 is 1.95 bits per heavy atom. The number of hydrogen-bond acceptors (Lipinski definition) is 4. The van der Waals surface area contributed by atoms with Crippen molar-refractivity contribution < 1.29 is 0 Å². The second-order valence-electron chi connectivity index (χ2n) is 4.64. The van der Waals surface area contributed by atoms with Gasteiger partial charge in [0, 0.05) is 31.7 Å². The molecule has 0 fully saturated rings. The Bertz CT molecular complexity index is 592. The highest BCUT2D eigenvalue weighted by atomic mass is 15.2. The molecular weight excluding hydrogens is 236 g/mol. The van der Waals surface area contributed by atoms with E-state index in [1.165, 1.54) is 11.1 Å². The van der Waals surface area contributed by atoms with Gasteiger partial charge in [0.15, 0.2) is 0 Å². The molecule has 2 aromatic heterocycles. The zero-order chi connectivity index (χ0) is 13.1. The van der Waals surface area contributed by atoms with Gasteiger partial charge in [0.1, 0.15) is 11.6 Å². The van der Waals surface area contributed by atoms with Crippen LogP contribution < -0.4 is 4.90 Å². The number of hydrogen-bond donors (Lipinski definition) is 0. The van der Waals surface area contributed by atoms with Crippen LogP contribution in [0.5, 0.6) is 0 Å². The molecule has 3 heterocycles. The number of rotatable bonds is 2. The Kier molecular flexibility index (Phi) is 3.23. The molecule has 0 saturated heterocycles. The molecule has 0 aromatic carbocycles. The molecule has 0 unspecified atom stereocenters. The molecule has 19 heavy (non-hydrogen) atoms. The van der Waals surface area contributed by atoms with Crippen LogP contribution in [0.2, 0.25) is 0 Å². The lowest BCUT2D eigenvalue weighted by Crippen LogP contribution is -2.30. The molecular formula is C15H16N4. The third-order valence-corrected chi connectivity index (χ3v) is 3.29. The van der Waals surface area contributed by atoms with E-state index in [0.717, 1.165) is 31.2 Å². The van der Waals surface area contributed by atoms with Gasteiger partial charge < -0.3 is 4.90 Å². The predicted molar refractivity (Wildman–Crippen MR) is 75.8 cm³/mol. The van der Waals surface area contributed by atoms with Crippen LogP contribution in [0.25, 0.3) is 5.57 Å². The average Bonchev–Trinajstić information content (AvgIpc) is 2.48. The van der Waals surface area contributed by atoms with Crippen LogP contribution in [0.15, 0.2) is 42.9 Å². The van der Waals surface area contributed by atoms with Gasteiger partial charge in [-0.2, -0.15) is 0 Å². The molecule has 1 aliphatic rings. The Hall–Kier alpha value is -2.23. The van der Waals surface area contributed by atoms with E-state index in [4.69, 9.17) is 0 Å². The number of aryl methyl sites for hydroxylation is 1. The Morgan fingerprint density at radius 3 is 2.74 bits per heavy atom. The molecule has 0 saturated carbocycles. The Morgan fingerprint density at radius 1 is 1.11 bits per heavy atom. The monoisotopic (exact) mass is 252 g/mol. The summed E-state index contributed by atoms with van der Waals surface area (Å²) < 4.78 is 0. The maximum Gasteiger partial charge on any atom is 0.132 e. The van der Waals surface area contributed by atoms with Gasteiger partial charge in [0.05, 0.1) is 0 Å². The summed E-state index contributed by atoms with van der Waals surface area (Å²) in [5.41, 5.74) is 2.58. The van der Waals surface area contributed by atoms with Crippen molar-refractivity contribution in [3.63, 3.8) is 0 Å². The highest BCUT2D eigenvalue weighted by molar-refractivity contribution is 5.70. The second kappa shape index (κ2) is 5.18. The molecule has 0 radical (unpaired) electrons. The fourth-order valence-electron chi connectivity index (χ4n) is 2.33. The van der Waals surface area contributed by atoms with Gasteiger partial charge in [-0.3, -0.25) is 4.98 Å². The summed E-state index contributed by atoms with van der Waals surface area (Å²) >= 11 is 0. The van der Waals surface area contributed by atoms with Crippen LogP contribution in [-0.2, 0) is 0 Å². The molecule has 1 aliphatic heterocycles. The smallest absolute Gasteiger partial charge is 0.132 e. The first kappa shape index (κ1) is 11.8. The van der Waals surface area contributed by atoms with Crippen LogP contribution in [0.3, 0.4) is 0 Å². The van der Waals surface area contributed by atoms with Gasteiger partial charge in [-0.25, -0.2) is 9.97 Å². The van der Waals surface area contributed by atoms with Gasteiger partial charge in [-0.15, -0.1) is 0 Å². The lowest BCUT2D eigenvalue weighted by Gasteiger charge is -2.28. The number of pyridine rings is 1. The molecule has 0 atom stereocenters. The van der Waals surface area contributed by atoms with Gasteiger partial charge in [0.25, 0.3) is 0 Å². The third kappa shape index (κ3) is 2.62. The molecule has 0 amide bonds. The Balaban J connectivity index is 1.83. The van der Waals surface area contributed by atoms with Crippen molar-refractivity contribution in [3.05, 3.63) is 54.3 Å². The lowest BCUT2D eigenvalue weighted by molar-refractivity contribution is 0.807. The van der Waals surface area contributed by atoms with Crippen molar-refractivity contribution in [1.29, 1.82) is 0 Å². The molecule has 4 nitrogen and oxygen atoms in total. The predicted octanol–water partition coefficient (Wildman–Crippen LogP) is 2.47. The summed E-state index contributed by atoms with van der Waals surface area (Å²) in [4.78, 5) is 15.0. The zero-order valence-corrected chi connectivity index (χ0v) is 11.0. The van der Waals surface area contributed by atoms with Crippen LogP contribution in [0.1, 0.15) is 17.8 Å². The molecule has 2 aromatic rings. The van der Waals surface area contributed by atoms with Crippen molar-refractivity contribution >= 4 is 11.4 Å². The van der Waals surface area contributed by atoms with Gasteiger partial charge in [-0.1, -0.05) is 6.08 Å². The topological polar surface area (TPSA) is 41.9 Å². The van der Waals surface area contributed by atoms with Crippen LogP contribution in [-0.4, -0.2) is 28.0 Å². The summed E-state index contributed by atoms with van der Waals surface area (Å²) in [6, 6.07) is 6.09. The van der Waals surface area contributed by atoms with Gasteiger partial charge in [-0.05, 0) is 42.7 Å². The van der Waals surface area contributed by atoms with Crippen LogP contribution >= 0.6 is 0 Å². The summed E-state index contributed by atoms with van der Waals surface area (Å²) in [5.74, 6) is 1.82. The number of aromatic nitrogens is 3. The van der Waals surface area contributed by atoms with Crippen LogP contribution in [0, 0.1) is 6.92 Å². The minimum Gasteiger partial charge on any atom is -0.352 e. The first-order chi connectivity index (χ1) is 9.33. The standard InChI is InChI=1S/C15H16N4/c1-12-17-9-6-15(18-12)19-10-2-3-14(11-19)13-4-7-16-8-5-13/h3-9H,2,10-11H2,1H3. The lowest BCUT2D eigenvalue weighted by atomic mass is 10.0. The minimum absolute atomic E-state index is 0.817. The van der Waals surface area contributed by atoms with E-state index in [-0.39, 0.29) is 0 Å². The maximum absolute atomic E-state index is 4.50. The second-order valence-corrected chi connectivity index (χ2v) is 4.64. The highest BCUT2D eigenvalue weighted by Crippen LogP contribution is 2.23. The molecule has 0 bridgehead atoms. The van der Waals surface area contributed by atoms with E-state index in [9.17, 15) is 0 Å². The zero-order valence-electron chi connectivity index (χ0n) is 11.0. The third-order valence-electron chi connectivity index (χ3n) is 3.29. The van der Waals surface area contributed by atoms with Crippen molar-refractivity contribution in [2.45, 2.75) is 13.3 Å². The molecule has 96 valence electrons. The summed E-state index contributed by atoms with van der Waals surface area (Å²) in [5, 5.41) is 0. The van der Waals surface area contributed by atoms with E-state index in [1.807, 2.05) is 31.6 Å². The molecule has 4 heteroatoms. The fraction of sp³-hybridized carbons (Fsp3) is 0.267. The van der Waals surface area contributed by atoms with Gasteiger partial charge in [0.2, 0.25) is 0 Å².